The molecule has 1 saturated heterocycles. The Kier molecular flexibility index (Phi) is 6.06. The molecule has 2 rings (SSSR count). The summed E-state index contributed by atoms with van der Waals surface area (Å²) < 4.78 is 0. The van der Waals surface area contributed by atoms with Gasteiger partial charge in [0.2, 0.25) is 0 Å². The van der Waals surface area contributed by atoms with E-state index in [4.69, 9.17) is 0 Å². The summed E-state index contributed by atoms with van der Waals surface area (Å²) >= 11 is 1.89. The first kappa shape index (κ1) is 16.0. The summed E-state index contributed by atoms with van der Waals surface area (Å²) in [6.07, 6.45) is 2.55. The number of hydrogen-bond acceptors (Lipinski definition) is 3. The van der Waals surface area contributed by atoms with E-state index in [0.717, 1.165) is 24.9 Å². The Balaban J connectivity index is 2.02. The van der Waals surface area contributed by atoms with Crippen molar-refractivity contribution in [3.05, 3.63) is 22.4 Å². The first-order valence-electron chi connectivity index (χ1n) is 8.10. The van der Waals surface area contributed by atoms with Crippen LogP contribution in [0.25, 0.3) is 0 Å². The van der Waals surface area contributed by atoms with Crippen molar-refractivity contribution in [2.75, 3.05) is 13.1 Å². The van der Waals surface area contributed by atoms with Crippen LogP contribution in [0.1, 0.15) is 45.4 Å². The molecule has 1 aromatic heterocycles. The van der Waals surface area contributed by atoms with Crippen molar-refractivity contribution in [3.8, 4) is 0 Å². The van der Waals surface area contributed by atoms with Crippen molar-refractivity contribution < 1.29 is 0 Å². The van der Waals surface area contributed by atoms with E-state index in [1.807, 2.05) is 11.3 Å². The van der Waals surface area contributed by atoms with E-state index in [1.54, 1.807) is 0 Å². The first-order valence-corrected chi connectivity index (χ1v) is 8.97. The van der Waals surface area contributed by atoms with Crippen LogP contribution in [0.2, 0.25) is 0 Å². The third-order valence-electron chi connectivity index (χ3n) is 4.54. The Bertz CT molecular complexity index is 374. The summed E-state index contributed by atoms with van der Waals surface area (Å²) in [5, 5.41) is 5.98. The van der Waals surface area contributed by atoms with Gasteiger partial charge in [0.1, 0.15) is 0 Å². The summed E-state index contributed by atoms with van der Waals surface area (Å²) in [5.41, 5.74) is 0. The molecule has 0 amide bonds. The number of thiophene rings is 1. The van der Waals surface area contributed by atoms with Gasteiger partial charge in [0.15, 0.2) is 0 Å². The highest BCUT2D eigenvalue weighted by molar-refractivity contribution is 7.09. The van der Waals surface area contributed by atoms with Gasteiger partial charge >= 0.3 is 0 Å². The minimum atomic E-state index is 0.662. The lowest BCUT2D eigenvalue weighted by molar-refractivity contribution is 0.0797. The third-order valence-corrected chi connectivity index (χ3v) is 5.40. The molecule has 1 N–H and O–H groups in total. The second-order valence-corrected chi connectivity index (χ2v) is 7.73. The SMILES string of the molecule is CCC(C)C1CNC(CC(C)C)CN1Cc1cccs1. The van der Waals surface area contributed by atoms with Crippen LogP contribution in [0.15, 0.2) is 17.5 Å². The molecular weight excluding hydrogens is 264 g/mol. The minimum absolute atomic E-state index is 0.662. The van der Waals surface area contributed by atoms with Crippen LogP contribution in [0.3, 0.4) is 0 Å². The molecule has 3 atom stereocenters. The highest BCUT2D eigenvalue weighted by atomic mass is 32.1. The van der Waals surface area contributed by atoms with Crippen molar-refractivity contribution in [1.29, 1.82) is 0 Å². The molecular formula is C17H30N2S. The molecule has 2 nitrogen and oxygen atoms in total. The fraction of sp³-hybridized carbons (Fsp3) is 0.765. The lowest BCUT2D eigenvalue weighted by Crippen LogP contribution is -2.58. The van der Waals surface area contributed by atoms with Crippen LogP contribution in [-0.2, 0) is 6.54 Å². The Labute approximate surface area is 128 Å². The molecule has 2 heterocycles. The Morgan fingerprint density at radius 3 is 2.80 bits per heavy atom. The summed E-state index contributed by atoms with van der Waals surface area (Å²) in [6.45, 7) is 12.8. The van der Waals surface area contributed by atoms with Gasteiger partial charge in [-0.1, -0.05) is 40.2 Å². The van der Waals surface area contributed by atoms with E-state index >= 15 is 0 Å². The van der Waals surface area contributed by atoms with Crippen molar-refractivity contribution in [1.82, 2.24) is 10.2 Å². The van der Waals surface area contributed by atoms with Gasteiger partial charge in [0, 0.05) is 36.6 Å². The lowest BCUT2D eigenvalue weighted by atomic mass is 9.92. The molecule has 0 aliphatic carbocycles. The van der Waals surface area contributed by atoms with E-state index in [2.05, 4.69) is 55.4 Å². The molecule has 0 aromatic carbocycles. The van der Waals surface area contributed by atoms with E-state index in [1.165, 1.54) is 24.3 Å². The molecule has 0 bridgehead atoms. The lowest BCUT2D eigenvalue weighted by Gasteiger charge is -2.43. The van der Waals surface area contributed by atoms with E-state index in [0.29, 0.717) is 12.1 Å². The topological polar surface area (TPSA) is 15.3 Å². The van der Waals surface area contributed by atoms with Crippen molar-refractivity contribution in [3.63, 3.8) is 0 Å². The highest BCUT2D eigenvalue weighted by Crippen LogP contribution is 2.23. The third kappa shape index (κ3) is 4.31. The average molecular weight is 295 g/mol. The molecule has 3 unspecified atom stereocenters. The Morgan fingerprint density at radius 2 is 2.20 bits per heavy atom. The van der Waals surface area contributed by atoms with Crippen molar-refractivity contribution >= 4 is 11.3 Å². The molecule has 1 fully saturated rings. The number of nitrogens with one attached hydrogen (secondary N) is 1. The Hall–Kier alpha value is -0.380. The monoisotopic (exact) mass is 294 g/mol. The van der Waals surface area contributed by atoms with E-state index in [9.17, 15) is 0 Å². The smallest absolute Gasteiger partial charge is 0.0332 e. The summed E-state index contributed by atoms with van der Waals surface area (Å²) in [6, 6.07) is 5.80. The molecule has 1 aromatic rings. The van der Waals surface area contributed by atoms with Crippen LogP contribution in [0.4, 0.5) is 0 Å². The number of hydrogen-bond donors (Lipinski definition) is 1. The Morgan fingerprint density at radius 1 is 1.40 bits per heavy atom. The minimum Gasteiger partial charge on any atom is -0.311 e. The maximum Gasteiger partial charge on any atom is 0.0332 e. The van der Waals surface area contributed by atoms with Crippen LogP contribution < -0.4 is 5.32 Å². The highest BCUT2D eigenvalue weighted by Gasteiger charge is 2.31. The van der Waals surface area contributed by atoms with Gasteiger partial charge in [-0.3, -0.25) is 4.90 Å². The van der Waals surface area contributed by atoms with Gasteiger partial charge in [-0.05, 0) is 29.7 Å². The van der Waals surface area contributed by atoms with Crippen molar-refractivity contribution in [2.24, 2.45) is 11.8 Å². The van der Waals surface area contributed by atoms with Gasteiger partial charge in [-0.25, -0.2) is 0 Å². The molecule has 1 aliphatic heterocycles. The summed E-state index contributed by atoms with van der Waals surface area (Å²) in [5.74, 6) is 1.54. The molecule has 0 saturated carbocycles. The zero-order valence-corrected chi connectivity index (χ0v) is 14.2. The number of rotatable bonds is 6. The predicted molar refractivity (Wildman–Crippen MR) is 89.2 cm³/mol. The first-order chi connectivity index (χ1) is 9.60. The van der Waals surface area contributed by atoms with Gasteiger partial charge in [-0.2, -0.15) is 0 Å². The zero-order chi connectivity index (χ0) is 14.5. The van der Waals surface area contributed by atoms with Crippen LogP contribution in [0.5, 0.6) is 0 Å². The normalized spacial score (nSPS) is 26.1. The molecule has 1 aliphatic rings. The van der Waals surface area contributed by atoms with Crippen molar-refractivity contribution in [2.45, 2.75) is 59.2 Å². The standard InChI is InChI=1S/C17H30N2S/c1-5-14(4)17-10-18-15(9-13(2)3)11-19(17)12-16-7-6-8-20-16/h6-8,13-15,17-18H,5,9-12H2,1-4H3. The second kappa shape index (κ2) is 7.58. The molecule has 0 spiro atoms. The summed E-state index contributed by atoms with van der Waals surface area (Å²) in [7, 11) is 0. The maximum atomic E-state index is 3.79. The van der Waals surface area contributed by atoms with Gasteiger partial charge < -0.3 is 5.32 Å². The zero-order valence-electron chi connectivity index (χ0n) is 13.4. The quantitative estimate of drug-likeness (QED) is 0.853. The fourth-order valence-corrected chi connectivity index (χ4v) is 3.97. The van der Waals surface area contributed by atoms with Gasteiger partial charge in [0.05, 0.1) is 0 Å². The second-order valence-electron chi connectivity index (χ2n) is 6.70. The summed E-state index contributed by atoms with van der Waals surface area (Å²) in [4.78, 5) is 4.23. The maximum absolute atomic E-state index is 3.79. The van der Waals surface area contributed by atoms with Gasteiger partial charge in [-0.15, -0.1) is 11.3 Å². The largest absolute Gasteiger partial charge is 0.311 e. The number of nitrogens with zero attached hydrogens (tertiary/aromatic N) is 1. The van der Waals surface area contributed by atoms with E-state index in [-0.39, 0.29) is 0 Å². The average Bonchev–Trinajstić information content (AvgIpc) is 2.90. The molecule has 3 heteroatoms. The van der Waals surface area contributed by atoms with Gasteiger partial charge in [0.25, 0.3) is 0 Å². The fourth-order valence-electron chi connectivity index (χ4n) is 3.24. The molecule has 0 radical (unpaired) electrons. The number of piperazine rings is 1. The van der Waals surface area contributed by atoms with E-state index < -0.39 is 0 Å². The predicted octanol–water partition coefficient (Wildman–Crippen LogP) is 3.98. The molecule has 114 valence electrons. The van der Waals surface area contributed by atoms with Crippen LogP contribution in [-0.4, -0.2) is 30.1 Å². The van der Waals surface area contributed by atoms with Crippen LogP contribution in [0, 0.1) is 11.8 Å². The molecule has 20 heavy (non-hydrogen) atoms. The van der Waals surface area contributed by atoms with Crippen LogP contribution >= 0.6 is 11.3 Å².